The van der Waals surface area contributed by atoms with Gasteiger partial charge in [0.05, 0.1) is 18.2 Å². The molecule has 17 heavy (non-hydrogen) atoms. The van der Waals surface area contributed by atoms with E-state index in [0.717, 1.165) is 6.20 Å². The summed E-state index contributed by atoms with van der Waals surface area (Å²) >= 11 is 0. The van der Waals surface area contributed by atoms with Gasteiger partial charge < -0.3 is 10.2 Å². The Labute approximate surface area is 95.2 Å². The number of hydrogen-bond donors (Lipinski definition) is 2. The molecule has 2 unspecified atom stereocenters. The first-order valence-electron chi connectivity index (χ1n) is 4.58. The van der Waals surface area contributed by atoms with E-state index < -0.39 is 23.7 Å². The average Bonchev–Trinajstić information content (AvgIpc) is 2.34. The first-order valence-corrected chi connectivity index (χ1v) is 4.58. The molecule has 1 heterocycles. The molecule has 2 atom stereocenters. The molecule has 0 saturated carbocycles. The molecule has 0 aromatic carbocycles. The number of azide groups is 1. The van der Waals surface area contributed by atoms with E-state index in [1.54, 1.807) is 0 Å². The molecular weight excluding hydrogens is 231 g/mol. The fraction of sp³-hybridized carbons (Fsp3) is 0.333. The lowest BCUT2D eigenvalue weighted by molar-refractivity contribution is 0.0237. The van der Waals surface area contributed by atoms with Crippen molar-refractivity contribution in [1.82, 2.24) is 4.98 Å². The van der Waals surface area contributed by atoms with Crippen LogP contribution < -0.4 is 0 Å². The number of aromatic nitrogens is 1. The van der Waals surface area contributed by atoms with Crippen LogP contribution in [-0.2, 0) is 0 Å². The predicted octanol–water partition coefficient (Wildman–Crippen LogP) is 0.738. The van der Waals surface area contributed by atoms with Crippen molar-refractivity contribution in [2.75, 3.05) is 6.54 Å². The van der Waals surface area contributed by atoms with Gasteiger partial charge in [-0.2, -0.15) is 4.39 Å². The Kier molecular flexibility index (Phi) is 4.53. The van der Waals surface area contributed by atoms with E-state index in [1.807, 2.05) is 0 Å². The maximum atomic E-state index is 13.1. The summed E-state index contributed by atoms with van der Waals surface area (Å²) < 4.78 is 13.1. The Morgan fingerprint density at radius 2 is 2.35 bits per heavy atom. The summed E-state index contributed by atoms with van der Waals surface area (Å²) in [5.74, 6) is -1.03. The molecule has 1 rings (SSSR count). The van der Waals surface area contributed by atoms with E-state index in [0.29, 0.717) is 0 Å². The summed E-state index contributed by atoms with van der Waals surface area (Å²) in [6, 6.07) is 1.21. The van der Waals surface area contributed by atoms with E-state index in [1.165, 1.54) is 6.07 Å². The van der Waals surface area contributed by atoms with E-state index in [9.17, 15) is 19.4 Å². The number of aliphatic hydroxyl groups excluding tert-OH is 2. The highest BCUT2D eigenvalue weighted by Gasteiger charge is 2.22. The molecule has 8 heteroatoms. The molecule has 0 saturated heterocycles. The number of carbonyl (C=O) groups excluding carboxylic acids is 1. The number of nitrogens with zero attached hydrogens (tertiary/aromatic N) is 4. The lowest BCUT2D eigenvalue weighted by Crippen LogP contribution is -2.22. The van der Waals surface area contributed by atoms with Crippen LogP contribution in [0.15, 0.2) is 17.4 Å². The van der Waals surface area contributed by atoms with Crippen molar-refractivity contribution in [3.63, 3.8) is 0 Å². The van der Waals surface area contributed by atoms with Crippen LogP contribution in [0.25, 0.3) is 10.4 Å². The number of rotatable bonds is 5. The molecule has 0 bridgehead atoms. The summed E-state index contributed by atoms with van der Waals surface area (Å²) in [6.07, 6.45) is -1.70. The molecule has 2 N–H and O–H groups in total. The molecule has 0 radical (unpaired) electrons. The summed E-state index contributed by atoms with van der Waals surface area (Å²) in [5.41, 5.74) is 7.52. The lowest BCUT2D eigenvalue weighted by Gasteiger charge is -2.17. The minimum Gasteiger partial charge on any atom is -0.390 e. The van der Waals surface area contributed by atoms with Gasteiger partial charge in [-0.15, -0.1) is 0 Å². The molecule has 7 nitrogen and oxygen atoms in total. The number of hydrogen-bond acceptors (Lipinski definition) is 5. The zero-order valence-electron chi connectivity index (χ0n) is 8.56. The number of pyridine rings is 1. The van der Waals surface area contributed by atoms with Crippen molar-refractivity contribution < 1.29 is 19.4 Å². The largest absolute Gasteiger partial charge is 0.390 e. The normalized spacial score (nSPS) is 13.6. The highest BCUT2D eigenvalue weighted by Crippen LogP contribution is 2.21. The second kappa shape index (κ2) is 5.90. The Bertz CT molecular complexity index is 462. The molecule has 0 spiro atoms. The van der Waals surface area contributed by atoms with Crippen molar-refractivity contribution in [2.24, 2.45) is 5.11 Å². The van der Waals surface area contributed by atoms with Crippen LogP contribution >= 0.6 is 0 Å². The first kappa shape index (κ1) is 13.0. The average molecular weight is 240 g/mol. The van der Waals surface area contributed by atoms with Crippen LogP contribution in [0.1, 0.15) is 22.0 Å². The van der Waals surface area contributed by atoms with E-state index in [2.05, 4.69) is 15.0 Å². The van der Waals surface area contributed by atoms with Gasteiger partial charge in [-0.1, -0.05) is 5.11 Å². The van der Waals surface area contributed by atoms with Gasteiger partial charge in [0.25, 0.3) is 0 Å². The van der Waals surface area contributed by atoms with Gasteiger partial charge in [-0.3, -0.25) is 4.79 Å². The topological polar surface area (TPSA) is 119 Å². The smallest absolute Gasteiger partial charge is 0.223 e. The molecule has 0 aliphatic carbocycles. The minimum absolute atomic E-state index is 0.104. The number of carbonyl (C=O) groups is 1. The molecule has 0 fully saturated rings. The molecular formula is C9H9FN4O3. The molecule has 1 aromatic rings. The standard InChI is InChI=1S/C9H9FN4O3/c10-9-6(4-15)5(1-2-12-9)8(17)7(16)3-13-14-11/h1-2,4,7-8,16-17H,3H2. The zero-order valence-corrected chi connectivity index (χ0v) is 8.56. The van der Waals surface area contributed by atoms with Crippen LogP contribution in [0.2, 0.25) is 0 Å². The summed E-state index contributed by atoms with van der Waals surface area (Å²) in [5, 5.41) is 22.2. The number of aldehydes is 1. The molecule has 1 aromatic heterocycles. The van der Waals surface area contributed by atoms with Gasteiger partial charge in [0.15, 0.2) is 6.29 Å². The van der Waals surface area contributed by atoms with Crippen LogP contribution in [0, 0.1) is 5.95 Å². The molecule has 90 valence electrons. The summed E-state index contributed by atoms with van der Waals surface area (Å²) in [7, 11) is 0. The van der Waals surface area contributed by atoms with Crippen molar-refractivity contribution >= 4 is 6.29 Å². The van der Waals surface area contributed by atoms with Gasteiger partial charge in [0.1, 0.15) is 6.10 Å². The van der Waals surface area contributed by atoms with Crippen LogP contribution in [0.4, 0.5) is 4.39 Å². The summed E-state index contributed by atoms with van der Waals surface area (Å²) in [4.78, 5) is 16.3. The van der Waals surface area contributed by atoms with Crippen LogP contribution in [-0.4, -0.2) is 34.1 Å². The van der Waals surface area contributed by atoms with E-state index >= 15 is 0 Å². The maximum absolute atomic E-state index is 13.1. The SMILES string of the molecule is [N-]=[N+]=NCC(O)C(O)c1ccnc(F)c1C=O. The van der Waals surface area contributed by atoms with Gasteiger partial charge >= 0.3 is 0 Å². The monoisotopic (exact) mass is 240 g/mol. The third-order valence-electron chi connectivity index (χ3n) is 2.11. The third-order valence-corrected chi connectivity index (χ3v) is 2.11. The lowest BCUT2D eigenvalue weighted by atomic mass is 10.0. The van der Waals surface area contributed by atoms with Gasteiger partial charge in [-0.25, -0.2) is 4.98 Å². The van der Waals surface area contributed by atoms with Crippen molar-refractivity contribution in [2.45, 2.75) is 12.2 Å². The zero-order chi connectivity index (χ0) is 12.8. The quantitative estimate of drug-likeness (QED) is 0.259. The minimum atomic E-state index is -1.53. The third kappa shape index (κ3) is 2.97. The Morgan fingerprint density at radius 3 is 2.94 bits per heavy atom. The Morgan fingerprint density at radius 1 is 1.65 bits per heavy atom. The number of aliphatic hydroxyl groups is 2. The van der Waals surface area contributed by atoms with Crippen LogP contribution in [0.5, 0.6) is 0 Å². The number of halogens is 1. The van der Waals surface area contributed by atoms with Gasteiger partial charge in [0.2, 0.25) is 5.95 Å². The predicted molar refractivity (Wildman–Crippen MR) is 54.6 cm³/mol. The maximum Gasteiger partial charge on any atom is 0.223 e. The van der Waals surface area contributed by atoms with Crippen molar-refractivity contribution in [3.8, 4) is 0 Å². The van der Waals surface area contributed by atoms with Crippen molar-refractivity contribution in [3.05, 3.63) is 39.8 Å². The fourth-order valence-electron chi connectivity index (χ4n) is 1.26. The Hall–Kier alpha value is -2.02. The second-order valence-corrected chi connectivity index (χ2v) is 3.15. The van der Waals surface area contributed by atoms with Gasteiger partial charge in [0, 0.05) is 11.1 Å². The van der Waals surface area contributed by atoms with E-state index in [4.69, 9.17) is 5.53 Å². The molecule has 0 amide bonds. The molecule has 0 aliphatic rings. The second-order valence-electron chi connectivity index (χ2n) is 3.15. The van der Waals surface area contributed by atoms with Crippen LogP contribution in [0.3, 0.4) is 0 Å². The van der Waals surface area contributed by atoms with Gasteiger partial charge in [-0.05, 0) is 17.2 Å². The van der Waals surface area contributed by atoms with E-state index in [-0.39, 0.29) is 18.4 Å². The molecule has 0 aliphatic heterocycles. The van der Waals surface area contributed by atoms with Crippen molar-refractivity contribution in [1.29, 1.82) is 0 Å². The highest BCUT2D eigenvalue weighted by atomic mass is 19.1. The first-order chi connectivity index (χ1) is 8.11. The fourth-order valence-corrected chi connectivity index (χ4v) is 1.26. The summed E-state index contributed by atoms with van der Waals surface area (Å²) in [6.45, 7) is -0.389. The Balaban J connectivity index is 3.02. The highest BCUT2D eigenvalue weighted by molar-refractivity contribution is 5.77.